The molecule has 0 aliphatic carbocycles. The van der Waals surface area contributed by atoms with Gasteiger partial charge in [-0.1, -0.05) is 32.9 Å². The van der Waals surface area contributed by atoms with Crippen LogP contribution in [0.25, 0.3) is 0 Å². The first-order chi connectivity index (χ1) is 11.8. The van der Waals surface area contributed by atoms with Crippen LogP contribution < -0.4 is 10.6 Å². The molecule has 1 fully saturated rings. The second kappa shape index (κ2) is 9.93. The molecular formula is C20H32ClN3O2. The first kappa shape index (κ1) is 22.5. The highest BCUT2D eigenvalue weighted by molar-refractivity contribution is 5.94. The minimum absolute atomic E-state index is 0. The van der Waals surface area contributed by atoms with E-state index in [0.717, 1.165) is 43.6 Å². The zero-order valence-corrected chi connectivity index (χ0v) is 17.1. The molecule has 1 aromatic carbocycles. The lowest BCUT2D eigenvalue weighted by Crippen LogP contribution is -2.40. The summed E-state index contributed by atoms with van der Waals surface area (Å²) >= 11 is 0. The van der Waals surface area contributed by atoms with Gasteiger partial charge in [0.05, 0.1) is 0 Å². The Morgan fingerprint density at radius 1 is 1.12 bits per heavy atom. The predicted molar refractivity (Wildman–Crippen MR) is 108 cm³/mol. The number of hydrogen-bond acceptors (Lipinski definition) is 3. The summed E-state index contributed by atoms with van der Waals surface area (Å²) in [7, 11) is 1.98. The summed E-state index contributed by atoms with van der Waals surface area (Å²) in [5.41, 5.74) is 1.33. The molecule has 1 heterocycles. The molecule has 26 heavy (non-hydrogen) atoms. The molecule has 0 bridgehead atoms. The van der Waals surface area contributed by atoms with Crippen LogP contribution in [0.4, 0.5) is 0 Å². The fourth-order valence-corrected chi connectivity index (χ4v) is 3.02. The summed E-state index contributed by atoms with van der Waals surface area (Å²) in [6.45, 7) is 8.84. The summed E-state index contributed by atoms with van der Waals surface area (Å²) in [4.78, 5) is 26.5. The van der Waals surface area contributed by atoms with Gasteiger partial charge < -0.3 is 15.5 Å². The maximum atomic E-state index is 12.6. The van der Waals surface area contributed by atoms with Crippen molar-refractivity contribution < 1.29 is 9.59 Å². The van der Waals surface area contributed by atoms with Crippen molar-refractivity contribution in [1.29, 1.82) is 0 Å². The van der Waals surface area contributed by atoms with Gasteiger partial charge in [0.2, 0.25) is 5.91 Å². The third kappa shape index (κ3) is 6.29. The molecule has 2 amide bonds. The predicted octanol–water partition coefficient (Wildman–Crippen LogP) is 2.84. The van der Waals surface area contributed by atoms with Gasteiger partial charge >= 0.3 is 0 Å². The van der Waals surface area contributed by atoms with Gasteiger partial charge in [0.25, 0.3) is 5.91 Å². The minimum Gasteiger partial charge on any atom is -0.352 e. The van der Waals surface area contributed by atoms with Crippen LogP contribution >= 0.6 is 12.4 Å². The quantitative estimate of drug-likeness (QED) is 0.824. The Morgan fingerprint density at radius 3 is 2.19 bits per heavy atom. The van der Waals surface area contributed by atoms with E-state index in [4.69, 9.17) is 0 Å². The molecule has 0 unspecified atom stereocenters. The molecule has 0 atom stereocenters. The SMILES string of the molecule is CNCC1CCN(C(=O)c2ccc(CNC(=O)C(C)(C)C)cc2)CC1.Cl. The number of nitrogens with zero attached hydrogens (tertiary/aromatic N) is 1. The van der Waals surface area contributed by atoms with Gasteiger partial charge in [-0.05, 0) is 50.0 Å². The van der Waals surface area contributed by atoms with Crippen LogP contribution in [0.15, 0.2) is 24.3 Å². The van der Waals surface area contributed by atoms with Gasteiger partial charge in [-0.2, -0.15) is 0 Å². The van der Waals surface area contributed by atoms with Crippen LogP contribution in [0, 0.1) is 11.3 Å². The van der Waals surface area contributed by atoms with Crippen LogP contribution in [0.5, 0.6) is 0 Å². The van der Waals surface area contributed by atoms with Crippen molar-refractivity contribution in [1.82, 2.24) is 15.5 Å². The lowest BCUT2D eigenvalue weighted by molar-refractivity contribution is -0.128. The molecular weight excluding hydrogens is 350 g/mol. The molecule has 5 nitrogen and oxygen atoms in total. The molecule has 0 saturated carbocycles. The summed E-state index contributed by atoms with van der Waals surface area (Å²) in [5.74, 6) is 0.799. The molecule has 2 N–H and O–H groups in total. The lowest BCUT2D eigenvalue weighted by Gasteiger charge is -2.32. The number of carbonyl (C=O) groups is 2. The van der Waals surface area contributed by atoms with Gasteiger partial charge in [-0.15, -0.1) is 12.4 Å². The van der Waals surface area contributed by atoms with E-state index >= 15 is 0 Å². The first-order valence-corrected chi connectivity index (χ1v) is 9.12. The van der Waals surface area contributed by atoms with Gasteiger partial charge in [-0.3, -0.25) is 9.59 Å². The van der Waals surface area contributed by atoms with Crippen LogP contribution in [0.1, 0.15) is 49.5 Å². The maximum Gasteiger partial charge on any atom is 0.253 e. The van der Waals surface area contributed by atoms with Crippen molar-refractivity contribution in [3.05, 3.63) is 35.4 Å². The molecule has 1 aromatic rings. The Hall–Kier alpha value is -1.59. The lowest BCUT2D eigenvalue weighted by atomic mass is 9.95. The number of halogens is 1. The van der Waals surface area contributed by atoms with Crippen molar-refractivity contribution in [2.75, 3.05) is 26.7 Å². The van der Waals surface area contributed by atoms with E-state index < -0.39 is 5.41 Å². The van der Waals surface area contributed by atoms with E-state index in [-0.39, 0.29) is 24.2 Å². The van der Waals surface area contributed by atoms with E-state index in [2.05, 4.69) is 10.6 Å². The summed E-state index contributed by atoms with van der Waals surface area (Å²) in [6, 6.07) is 7.56. The Bertz CT molecular complexity index is 588. The Kier molecular flexibility index (Phi) is 8.57. The van der Waals surface area contributed by atoms with Gasteiger partial charge in [0, 0.05) is 30.6 Å². The van der Waals surface area contributed by atoms with E-state index in [1.807, 2.05) is 57.0 Å². The van der Waals surface area contributed by atoms with Crippen LogP contribution in [-0.2, 0) is 11.3 Å². The number of amides is 2. The normalized spacial score (nSPS) is 15.3. The fraction of sp³-hybridized carbons (Fsp3) is 0.600. The molecule has 1 aliphatic rings. The van der Waals surface area contributed by atoms with E-state index in [1.54, 1.807) is 0 Å². The highest BCUT2D eigenvalue weighted by atomic mass is 35.5. The van der Waals surface area contributed by atoms with Crippen LogP contribution in [-0.4, -0.2) is 43.4 Å². The number of piperidine rings is 1. The molecule has 2 rings (SSSR count). The maximum absolute atomic E-state index is 12.6. The molecule has 0 aromatic heterocycles. The third-order valence-electron chi connectivity index (χ3n) is 4.73. The van der Waals surface area contributed by atoms with Gasteiger partial charge in [0.1, 0.15) is 0 Å². The average Bonchev–Trinajstić information content (AvgIpc) is 2.59. The first-order valence-electron chi connectivity index (χ1n) is 9.12. The highest BCUT2D eigenvalue weighted by Gasteiger charge is 2.23. The van der Waals surface area contributed by atoms with Crippen LogP contribution in [0.3, 0.4) is 0 Å². The van der Waals surface area contributed by atoms with E-state index in [1.165, 1.54) is 0 Å². The zero-order valence-electron chi connectivity index (χ0n) is 16.3. The Morgan fingerprint density at radius 2 is 1.69 bits per heavy atom. The van der Waals surface area contributed by atoms with Crippen molar-refractivity contribution in [3.63, 3.8) is 0 Å². The fourth-order valence-electron chi connectivity index (χ4n) is 3.02. The monoisotopic (exact) mass is 381 g/mol. The number of hydrogen-bond donors (Lipinski definition) is 2. The Labute approximate surface area is 163 Å². The largest absolute Gasteiger partial charge is 0.352 e. The van der Waals surface area contributed by atoms with Crippen molar-refractivity contribution in [2.45, 2.75) is 40.2 Å². The van der Waals surface area contributed by atoms with E-state index in [0.29, 0.717) is 12.5 Å². The molecule has 0 radical (unpaired) electrons. The summed E-state index contributed by atoms with van der Waals surface area (Å²) in [6.07, 6.45) is 2.12. The summed E-state index contributed by atoms with van der Waals surface area (Å²) in [5, 5.41) is 6.14. The second-order valence-corrected chi connectivity index (χ2v) is 7.92. The third-order valence-corrected chi connectivity index (χ3v) is 4.73. The Balaban J connectivity index is 0.00000338. The van der Waals surface area contributed by atoms with Crippen LogP contribution in [0.2, 0.25) is 0 Å². The smallest absolute Gasteiger partial charge is 0.253 e. The molecule has 1 aliphatic heterocycles. The van der Waals surface area contributed by atoms with Gasteiger partial charge in [-0.25, -0.2) is 0 Å². The number of rotatable bonds is 5. The van der Waals surface area contributed by atoms with Crippen molar-refractivity contribution >= 4 is 24.2 Å². The highest BCUT2D eigenvalue weighted by Crippen LogP contribution is 2.19. The van der Waals surface area contributed by atoms with Gasteiger partial charge in [0.15, 0.2) is 0 Å². The zero-order chi connectivity index (χ0) is 18.4. The molecule has 146 valence electrons. The number of benzene rings is 1. The standard InChI is InChI=1S/C20H31N3O2.ClH/c1-20(2,3)19(25)22-14-15-5-7-17(8-6-15)18(24)23-11-9-16(10-12-23)13-21-4;/h5-8,16,21H,9-14H2,1-4H3,(H,22,25);1H. The number of nitrogens with one attached hydrogen (secondary N) is 2. The topological polar surface area (TPSA) is 61.4 Å². The minimum atomic E-state index is -0.394. The molecule has 0 spiro atoms. The molecule has 1 saturated heterocycles. The summed E-state index contributed by atoms with van der Waals surface area (Å²) < 4.78 is 0. The van der Waals surface area contributed by atoms with Crippen molar-refractivity contribution in [2.24, 2.45) is 11.3 Å². The molecule has 6 heteroatoms. The van der Waals surface area contributed by atoms with Crippen molar-refractivity contribution in [3.8, 4) is 0 Å². The number of carbonyl (C=O) groups excluding carboxylic acids is 2. The van der Waals surface area contributed by atoms with E-state index in [9.17, 15) is 9.59 Å². The average molecular weight is 382 g/mol. The number of likely N-dealkylation sites (tertiary alicyclic amines) is 1. The second-order valence-electron chi connectivity index (χ2n) is 7.92.